The lowest BCUT2D eigenvalue weighted by atomic mass is 10.2. The Kier molecular flexibility index (Phi) is 5.16. The summed E-state index contributed by atoms with van der Waals surface area (Å²) in [5.41, 5.74) is 5.59. The molecular formula is C11H16BrN5. The second-order valence-corrected chi connectivity index (χ2v) is 5.00. The number of nitrogen functional groups attached to an aromatic ring is 1. The third kappa shape index (κ3) is 4.19. The first-order chi connectivity index (χ1) is 8.04. The number of rotatable bonds is 5. The van der Waals surface area contributed by atoms with Gasteiger partial charge in [-0.05, 0) is 21.8 Å². The van der Waals surface area contributed by atoms with Gasteiger partial charge in [0.25, 0.3) is 0 Å². The number of nitriles is 1. The molecule has 0 aliphatic rings. The number of hydrogen-bond donors (Lipinski definition) is 1. The van der Waals surface area contributed by atoms with Crippen LogP contribution in [0.25, 0.3) is 0 Å². The molecule has 92 valence electrons. The van der Waals surface area contributed by atoms with E-state index in [-0.39, 0.29) is 5.95 Å². The van der Waals surface area contributed by atoms with Crippen LogP contribution in [0.15, 0.2) is 10.7 Å². The maximum absolute atomic E-state index is 8.67. The number of hydrogen-bond acceptors (Lipinski definition) is 5. The second kappa shape index (κ2) is 6.40. The summed E-state index contributed by atoms with van der Waals surface area (Å²) in [4.78, 5) is 10.2. The van der Waals surface area contributed by atoms with Crippen molar-refractivity contribution in [2.75, 3.05) is 23.7 Å². The Balaban J connectivity index is 2.94. The van der Waals surface area contributed by atoms with Gasteiger partial charge in [-0.2, -0.15) is 10.2 Å². The van der Waals surface area contributed by atoms with Gasteiger partial charge in [0.2, 0.25) is 5.95 Å². The first-order valence-electron chi connectivity index (χ1n) is 5.44. The van der Waals surface area contributed by atoms with E-state index in [0.717, 1.165) is 16.8 Å². The zero-order valence-corrected chi connectivity index (χ0v) is 11.6. The molecule has 1 rings (SSSR count). The first kappa shape index (κ1) is 13.7. The molecule has 0 saturated carbocycles. The molecule has 2 N–H and O–H groups in total. The fourth-order valence-corrected chi connectivity index (χ4v) is 1.94. The molecule has 5 nitrogen and oxygen atoms in total. The van der Waals surface area contributed by atoms with Crippen LogP contribution in [0.1, 0.15) is 20.3 Å². The number of anilines is 2. The van der Waals surface area contributed by atoms with Crippen molar-refractivity contribution >= 4 is 27.7 Å². The van der Waals surface area contributed by atoms with Crippen LogP contribution in [0.4, 0.5) is 11.8 Å². The molecule has 0 fully saturated rings. The predicted molar refractivity (Wildman–Crippen MR) is 71.4 cm³/mol. The predicted octanol–water partition coefficient (Wildman–Crippen LogP) is 2.20. The smallest absolute Gasteiger partial charge is 0.222 e. The Morgan fingerprint density at radius 1 is 1.59 bits per heavy atom. The average Bonchev–Trinajstić information content (AvgIpc) is 2.27. The molecule has 0 spiro atoms. The van der Waals surface area contributed by atoms with Crippen LogP contribution in [0.3, 0.4) is 0 Å². The molecule has 0 aliphatic carbocycles. The number of aromatic nitrogens is 2. The van der Waals surface area contributed by atoms with Crippen molar-refractivity contribution in [1.29, 1.82) is 5.26 Å². The summed E-state index contributed by atoms with van der Waals surface area (Å²) in [5.74, 6) is 1.48. The van der Waals surface area contributed by atoms with Crippen molar-refractivity contribution in [3.63, 3.8) is 0 Å². The average molecular weight is 298 g/mol. The third-order valence-corrected chi connectivity index (χ3v) is 2.68. The van der Waals surface area contributed by atoms with Crippen molar-refractivity contribution in [1.82, 2.24) is 9.97 Å². The quantitative estimate of drug-likeness (QED) is 0.901. The summed E-state index contributed by atoms with van der Waals surface area (Å²) in [6.07, 6.45) is 2.10. The largest absolute Gasteiger partial charge is 0.368 e. The van der Waals surface area contributed by atoms with Gasteiger partial charge in [0, 0.05) is 19.3 Å². The minimum Gasteiger partial charge on any atom is -0.368 e. The maximum Gasteiger partial charge on any atom is 0.222 e. The van der Waals surface area contributed by atoms with Crippen molar-refractivity contribution in [2.45, 2.75) is 20.3 Å². The van der Waals surface area contributed by atoms with Crippen LogP contribution in [-0.2, 0) is 0 Å². The third-order valence-electron chi connectivity index (χ3n) is 2.12. The highest BCUT2D eigenvalue weighted by Crippen LogP contribution is 2.24. The van der Waals surface area contributed by atoms with Gasteiger partial charge < -0.3 is 10.6 Å². The molecule has 0 unspecified atom stereocenters. The van der Waals surface area contributed by atoms with E-state index in [1.54, 1.807) is 6.20 Å². The molecule has 17 heavy (non-hydrogen) atoms. The van der Waals surface area contributed by atoms with E-state index in [9.17, 15) is 0 Å². The molecule has 0 bridgehead atoms. The lowest BCUT2D eigenvalue weighted by Crippen LogP contribution is -2.30. The van der Waals surface area contributed by atoms with Gasteiger partial charge in [-0.25, -0.2) is 4.98 Å². The van der Waals surface area contributed by atoms with E-state index >= 15 is 0 Å². The molecule has 0 aromatic carbocycles. The lowest BCUT2D eigenvalue weighted by molar-refractivity contribution is 0.607. The molecule has 0 saturated heterocycles. The number of nitrogens with two attached hydrogens (primary N) is 1. The van der Waals surface area contributed by atoms with Gasteiger partial charge in [-0.3, -0.25) is 0 Å². The van der Waals surface area contributed by atoms with Crippen LogP contribution in [0, 0.1) is 17.2 Å². The van der Waals surface area contributed by atoms with Crippen molar-refractivity contribution in [2.24, 2.45) is 5.92 Å². The fourth-order valence-electron chi connectivity index (χ4n) is 1.50. The Labute approximate surface area is 110 Å². The van der Waals surface area contributed by atoms with E-state index in [1.807, 2.05) is 0 Å². The topological polar surface area (TPSA) is 78.8 Å². The zero-order valence-electron chi connectivity index (χ0n) is 10.0. The Morgan fingerprint density at radius 3 is 2.88 bits per heavy atom. The van der Waals surface area contributed by atoms with E-state index in [2.05, 4.69) is 50.7 Å². The maximum atomic E-state index is 8.67. The molecule has 0 aliphatic heterocycles. The number of nitrogens with zero attached hydrogens (tertiary/aromatic N) is 4. The second-order valence-electron chi connectivity index (χ2n) is 4.15. The van der Waals surface area contributed by atoms with Crippen molar-refractivity contribution in [3.05, 3.63) is 10.7 Å². The summed E-state index contributed by atoms with van der Waals surface area (Å²) < 4.78 is 0.797. The van der Waals surface area contributed by atoms with Gasteiger partial charge in [-0.15, -0.1) is 0 Å². The molecule has 0 amide bonds. The highest BCUT2D eigenvalue weighted by atomic mass is 79.9. The van der Waals surface area contributed by atoms with Crippen LogP contribution in [0.5, 0.6) is 0 Å². The zero-order chi connectivity index (χ0) is 12.8. The summed E-state index contributed by atoms with van der Waals surface area (Å²) >= 11 is 3.41. The molecule has 1 heterocycles. The van der Waals surface area contributed by atoms with Crippen LogP contribution >= 0.6 is 15.9 Å². The van der Waals surface area contributed by atoms with E-state index in [4.69, 9.17) is 11.0 Å². The summed E-state index contributed by atoms with van der Waals surface area (Å²) in [6, 6.07) is 2.14. The van der Waals surface area contributed by atoms with Gasteiger partial charge >= 0.3 is 0 Å². The van der Waals surface area contributed by atoms with Crippen LogP contribution in [-0.4, -0.2) is 23.1 Å². The van der Waals surface area contributed by atoms with Crippen LogP contribution < -0.4 is 10.6 Å². The highest BCUT2D eigenvalue weighted by molar-refractivity contribution is 9.10. The number of halogens is 1. The fraction of sp³-hybridized carbons (Fsp3) is 0.545. The molecular weight excluding hydrogens is 282 g/mol. The Morgan fingerprint density at radius 2 is 2.29 bits per heavy atom. The molecule has 1 aromatic rings. The van der Waals surface area contributed by atoms with E-state index < -0.39 is 0 Å². The lowest BCUT2D eigenvalue weighted by Gasteiger charge is -2.25. The summed E-state index contributed by atoms with van der Waals surface area (Å²) in [7, 11) is 0. The Hall–Kier alpha value is -1.35. The van der Waals surface area contributed by atoms with Crippen molar-refractivity contribution in [3.8, 4) is 6.07 Å². The molecule has 0 radical (unpaired) electrons. The minimum absolute atomic E-state index is 0.244. The van der Waals surface area contributed by atoms with Gasteiger partial charge in [0.1, 0.15) is 5.82 Å². The van der Waals surface area contributed by atoms with Crippen LogP contribution in [0.2, 0.25) is 0 Å². The van der Waals surface area contributed by atoms with Gasteiger partial charge in [0.05, 0.1) is 17.0 Å². The minimum atomic E-state index is 0.244. The van der Waals surface area contributed by atoms with E-state index in [0.29, 0.717) is 18.9 Å². The summed E-state index contributed by atoms with van der Waals surface area (Å²) in [6.45, 7) is 5.72. The normalized spacial score (nSPS) is 10.3. The van der Waals surface area contributed by atoms with Crippen molar-refractivity contribution < 1.29 is 0 Å². The highest BCUT2D eigenvalue weighted by Gasteiger charge is 2.14. The standard InChI is InChI=1S/C11H16BrN5/c1-8(2)7-17(5-3-4-13)10-9(12)6-15-11(14)16-10/h6,8H,3,5,7H2,1-2H3,(H2,14,15,16). The SMILES string of the molecule is CC(C)CN(CCC#N)c1nc(N)ncc1Br. The Bertz CT molecular complexity index is 413. The molecule has 1 aromatic heterocycles. The van der Waals surface area contributed by atoms with Gasteiger partial charge in [0.15, 0.2) is 0 Å². The summed E-state index contributed by atoms with van der Waals surface area (Å²) in [5, 5.41) is 8.67. The molecule has 6 heteroatoms. The first-order valence-corrected chi connectivity index (χ1v) is 6.23. The van der Waals surface area contributed by atoms with E-state index in [1.165, 1.54) is 0 Å². The molecule has 0 atom stereocenters. The van der Waals surface area contributed by atoms with Gasteiger partial charge in [-0.1, -0.05) is 13.8 Å². The monoisotopic (exact) mass is 297 g/mol.